The van der Waals surface area contributed by atoms with Gasteiger partial charge in [0.05, 0.1) is 6.54 Å². The molecular formula is C13H18F2N2. The van der Waals surface area contributed by atoms with Gasteiger partial charge in [0.2, 0.25) is 0 Å². The summed E-state index contributed by atoms with van der Waals surface area (Å²) in [6.07, 6.45) is 0.0592. The third kappa shape index (κ3) is 3.23. The lowest BCUT2D eigenvalue weighted by Crippen LogP contribution is -2.32. The van der Waals surface area contributed by atoms with E-state index in [-0.39, 0.29) is 12.6 Å². The largest absolute Gasteiger partial charge is 0.329 e. The molecule has 0 aromatic heterocycles. The molecule has 1 unspecified atom stereocenters. The number of nitrogens with two attached hydrogens (primary N) is 1. The molecule has 1 aliphatic rings. The molecule has 3 N–H and O–H groups in total. The van der Waals surface area contributed by atoms with Crippen molar-refractivity contribution in [1.29, 1.82) is 0 Å². The summed E-state index contributed by atoms with van der Waals surface area (Å²) < 4.78 is 24.4. The van der Waals surface area contributed by atoms with Crippen LogP contribution >= 0.6 is 0 Å². The zero-order valence-corrected chi connectivity index (χ0v) is 9.70. The van der Waals surface area contributed by atoms with Gasteiger partial charge in [-0.25, -0.2) is 8.78 Å². The van der Waals surface area contributed by atoms with Crippen LogP contribution < -0.4 is 11.1 Å². The number of hydrogen-bond donors (Lipinski definition) is 2. The predicted octanol–water partition coefficient (Wildman–Crippen LogP) is 2.42. The molecule has 0 saturated heterocycles. The fourth-order valence-corrected chi connectivity index (χ4v) is 2.15. The second-order valence-electron chi connectivity index (χ2n) is 4.49. The molecule has 4 heteroatoms. The monoisotopic (exact) mass is 240 g/mol. The second kappa shape index (κ2) is 5.56. The highest BCUT2D eigenvalue weighted by Crippen LogP contribution is 2.42. The molecule has 94 valence electrons. The summed E-state index contributed by atoms with van der Waals surface area (Å²) >= 11 is 0. The van der Waals surface area contributed by atoms with Crippen molar-refractivity contribution in [1.82, 2.24) is 5.32 Å². The minimum atomic E-state index is -2.34. The van der Waals surface area contributed by atoms with Crippen LogP contribution in [0.1, 0.15) is 35.9 Å². The maximum absolute atomic E-state index is 12.2. The van der Waals surface area contributed by atoms with Gasteiger partial charge in [-0.15, -0.1) is 0 Å². The van der Waals surface area contributed by atoms with E-state index in [0.29, 0.717) is 12.5 Å². The predicted molar refractivity (Wildman–Crippen MR) is 64.2 cm³/mol. The van der Waals surface area contributed by atoms with Gasteiger partial charge in [0, 0.05) is 12.6 Å². The van der Waals surface area contributed by atoms with E-state index in [9.17, 15) is 8.78 Å². The Bertz CT molecular complexity index is 364. The zero-order valence-electron chi connectivity index (χ0n) is 9.70. The van der Waals surface area contributed by atoms with Crippen LogP contribution in [-0.2, 0) is 0 Å². The lowest BCUT2D eigenvalue weighted by Gasteiger charge is -2.20. The van der Waals surface area contributed by atoms with E-state index in [2.05, 4.69) is 11.4 Å². The summed E-state index contributed by atoms with van der Waals surface area (Å²) in [5.41, 5.74) is 8.02. The molecular weight excluding hydrogens is 222 g/mol. The van der Waals surface area contributed by atoms with Crippen molar-refractivity contribution in [3.05, 3.63) is 35.4 Å². The van der Waals surface area contributed by atoms with Crippen molar-refractivity contribution in [2.24, 2.45) is 5.73 Å². The number of benzene rings is 1. The van der Waals surface area contributed by atoms with Crippen LogP contribution in [-0.4, -0.2) is 19.5 Å². The Balaban J connectivity index is 2.12. The molecule has 1 aromatic rings. The highest BCUT2D eigenvalue weighted by molar-refractivity contribution is 5.35. The van der Waals surface area contributed by atoms with E-state index in [1.165, 1.54) is 18.4 Å². The summed E-state index contributed by atoms with van der Waals surface area (Å²) in [5.74, 6) is 0.605. The number of alkyl halides is 2. The van der Waals surface area contributed by atoms with Gasteiger partial charge in [0.25, 0.3) is 6.43 Å². The van der Waals surface area contributed by atoms with Crippen molar-refractivity contribution in [2.45, 2.75) is 31.2 Å². The number of rotatable bonds is 6. The van der Waals surface area contributed by atoms with Gasteiger partial charge in [-0.2, -0.15) is 0 Å². The Hall–Kier alpha value is -1.00. The lowest BCUT2D eigenvalue weighted by molar-refractivity contribution is 0.141. The van der Waals surface area contributed by atoms with Gasteiger partial charge in [-0.3, -0.25) is 0 Å². The fourth-order valence-electron chi connectivity index (χ4n) is 2.15. The van der Waals surface area contributed by atoms with Crippen LogP contribution in [0.2, 0.25) is 0 Å². The van der Waals surface area contributed by atoms with Crippen molar-refractivity contribution < 1.29 is 8.78 Å². The van der Waals surface area contributed by atoms with Gasteiger partial charge in [-0.05, 0) is 29.9 Å². The van der Waals surface area contributed by atoms with E-state index < -0.39 is 6.43 Å². The molecule has 0 amide bonds. The van der Waals surface area contributed by atoms with Gasteiger partial charge < -0.3 is 11.1 Å². The summed E-state index contributed by atoms with van der Waals surface area (Å²) in [5, 5.41) is 2.83. The van der Waals surface area contributed by atoms with Crippen LogP contribution in [0.3, 0.4) is 0 Å². The molecule has 1 aliphatic carbocycles. The van der Waals surface area contributed by atoms with Gasteiger partial charge in [-0.1, -0.05) is 24.3 Å². The molecule has 2 rings (SSSR count). The fraction of sp³-hybridized carbons (Fsp3) is 0.538. The molecule has 2 nitrogen and oxygen atoms in total. The molecule has 0 bridgehead atoms. The number of hydrogen-bond acceptors (Lipinski definition) is 2. The molecule has 0 spiro atoms. The first-order chi connectivity index (χ1) is 8.22. The van der Waals surface area contributed by atoms with Crippen molar-refractivity contribution in [2.75, 3.05) is 13.1 Å². The Labute approximate surface area is 100 Å². The lowest BCUT2D eigenvalue weighted by atomic mass is 9.97. The first kappa shape index (κ1) is 12.5. The van der Waals surface area contributed by atoms with Crippen LogP contribution in [0.15, 0.2) is 24.3 Å². The van der Waals surface area contributed by atoms with Gasteiger partial charge >= 0.3 is 0 Å². The van der Waals surface area contributed by atoms with Crippen LogP contribution in [0.4, 0.5) is 8.78 Å². The number of halogens is 2. The Morgan fingerprint density at radius 2 is 2.00 bits per heavy atom. The third-order valence-corrected chi connectivity index (χ3v) is 3.14. The zero-order chi connectivity index (χ0) is 12.3. The summed E-state index contributed by atoms with van der Waals surface area (Å²) in [6.45, 7) is 0.0390. The Morgan fingerprint density at radius 3 is 2.59 bits per heavy atom. The Kier molecular flexibility index (Phi) is 4.07. The van der Waals surface area contributed by atoms with Crippen molar-refractivity contribution >= 4 is 0 Å². The van der Waals surface area contributed by atoms with Crippen molar-refractivity contribution in [3.63, 3.8) is 0 Å². The molecule has 17 heavy (non-hydrogen) atoms. The van der Waals surface area contributed by atoms with Crippen LogP contribution in [0, 0.1) is 0 Å². The van der Waals surface area contributed by atoms with E-state index in [0.717, 1.165) is 5.56 Å². The molecule has 1 atom stereocenters. The molecule has 1 fully saturated rings. The molecule has 0 radical (unpaired) electrons. The standard InChI is InChI=1S/C13H18F2N2/c14-13(15)8-17-12(7-16)11-4-2-1-3-10(11)9-5-6-9/h1-4,9,12-13,17H,5-8,16H2. The summed E-state index contributed by atoms with van der Waals surface area (Å²) in [4.78, 5) is 0. The topological polar surface area (TPSA) is 38.0 Å². The minimum Gasteiger partial charge on any atom is -0.329 e. The smallest absolute Gasteiger partial charge is 0.250 e. The maximum atomic E-state index is 12.2. The molecule has 0 aliphatic heterocycles. The first-order valence-corrected chi connectivity index (χ1v) is 6.02. The average molecular weight is 240 g/mol. The van der Waals surface area contributed by atoms with Gasteiger partial charge in [0.1, 0.15) is 0 Å². The average Bonchev–Trinajstić information content (AvgIpc) is 3.14. The van der Waals surface area contributed by atoms with E-state index >= 15 is 0 Å². The second-order valence-corrected chi connectivity index (χ2v) is 4.49. The highest BCUT2D eigenvalue weighted by Gasteiger charge is 2.27. The first-order valence-electron chi connectivity index (χ1n) is 6.02. The van der Waals surface area contributed by atoms with Crippen LogP contribution in [0.5, 0.6) is 0 Å². The third-order valence-electron chi connectivity index (χ3n) is 3.14. The normalized spacial score (nSPS) is 17.4. The minimum absolute atomic E-state index is 0.166. The molecule has 0 heterocycles. The highest BCUT2D eigenvalue weighted by atomic mass is 19.3. The summed E-state index contributed by atoms with van der Waals surface area (Å²) in [6, 6.07) is 7.84. The SMILES string of the molecule is NCC(NCC(F)F)c1ccccc1C1CC1. The van der Waals surface area contributed by atoms with Crippen LogP contribution in [0.25, 0.3) is 0 Å². The van der Waals surface area contributed by atoms with Crippen molar-refractivity contribution in [3.8, 4) is 0 Å². The van der Waals surface area contributed by atoms with E-state index in [1.807, 2.05) is 18.2 Å². The molecule has 1 aromatic carbocycles. The maximum Gasteiger partial charge on any atom is 0.250 e. The molecule has 1 saturated carbocycles. The van der Waals surface area contributed by atoms with Gasteiger partial charge in [0.15, 0.2) is 0 Å². The van der Waals surface area contributed by atoms with E-state index in [4.69, 9.17) is 5.73 Å². The quantitative estimate of drug-likeness (QED) is 0.801. The van der Waals surface area contributed by atoms with E-state index in [1.54, 1.807) is 0 Å². The number of nitrogens with one attached hydrogen (secondary N) is 1. The Morgan fingerprint density at radius 1 is 1.29 bits per heavy atom. The summed E-state index contributed by atoms with van der Waals surface area (Å²) in [7, 11) is 0.